The van der Waals surface area contributed by atoms with E-state index in [-0.39, 0.29) is 30.7 Å². The molecule has 1 amide bonds. The Hall–Kier alpha value is -1.41. The lowest BCUT2D eigenvalue weighted by molar-refractivity contribution is 0.0263. The zero-order valence-electron chi connectivity index (χ0n) is 12.9. The van der Waals surface area contributed by atoms with Crippen molar-refractivity contribution in [2.45, 2.75) is 18.1 Å². The van der Waals surface area contributed by atoms with Crippen LogP contribution in [0.1, 0.15) is 23.8 Å². The van der Waals surface area contributed by atoms with Gasteiger partial charge in [-0.3, -0.25) is 9.48 Å². The predicted octanol–water partition coefficient (Wildman–Crippen LogP) is 0.0859. The highest BCUT2D eigenvalue weighted by atomic mass is 32.2. The fourth-order valence-electron chi connectivity index (χ4n) is 3.46. The van der Waals surface area contributed by atoms with Gasteiger partial charge in [0, 0.05) is 38.9 Å². The van der Waals surface area contributed by atoms with Crippen molar-refractivity contribution in [2.24, 2.45) is 13.0 Å². The summed E-state index contributed by atoms with van der Waals surface area (Å²) < 4.78 is 31.0. The van der Waals surface area contributed by atoms with Crippen LogP contribution in [0, 0.1) is 5.92 Å². The van der Waals surface area contributed by atoms with E-state index < -0.39 is 14.6 Å². The smallest absolute Gasteiger partial charge is 0.272 e. The third kappa shape index (κ3) is 2.16. The van der Waals surface area contributed by atoms with Crippen molar-refractivity contribution < 1.29 is 17.9 Å². The van der Waals surface area contributed by atoms with E-state index in [0.717, 1.165) is 0 Å². The fraction of sp³-hybridized carbons (Fsp3) is 0.714. The minimum Gasteiger partial charge on any atom is -0.381 e. The van der Waals surface area contributed by atoms with Crippen LogP contribution in [-0.2, 0) is 21.6 Å². The van der Waals surface area contributed by atoms with Crippen LogP contribution in [0.3, 0.4) is 0 Å². The number of likely N-dealkylation sites (tertiary alicyclic amines) is 1. The number of rotatable bonds is 4. The summed E-state index contributed by atoms with van der Waals surface area (Å²) in [7, 11) is -1.47. The second-order valence-corrected chi connectivity index (χ2v) is 8.48. The molecule has 2 aliphatic rings. The monoisotopic (exact) mass is 327 g/mol. The van der Waals surface area contributed by atoms with Crippen LogP contribution < -0.4 is 0 Å². The zero-order chi connectivity index (χ0) is 16.0. The Labute approximate surface area is 130 Å². The molecule has 1 aromatic heterocycles. The van der Waals surface area contributed by atoms with Crippen molar-refractivity contribution in [3.05, 3.63) is 18.0 Å². The van der Waals surface area contributed by atoms with Gasteiger partial charge in [0.1, 0.15) is 10.4 Å². The van der Waals surface area contributed by atoms with Gasteiger partial charge in [-0.2, -0.15) is 5.10 Å². The van der Waals surface area contributed by atoms with E-state index in [9.17, 15) is 13.2 Å². The SMILES string of the molecule is CCOC[C@H]1CCS(=O)(=O)C12CN(C(=O)c1ccnn1C)C2. The Bertz CT molecular complexity index is 676. The molecular weight excluding hydrogens is 306 g/mol. The van der Waals surface area contributed by atoms with Gasteiger partial charge in [-0.15, -0.1) is 0 Å². The largest absolute Gasteiger partial charge is 0.381 e. The van der Waals surface area contributed by atoms with Crippen molar-refractivity contribution in [3.8, 4) is 0 Å². The molecule has 1 aromatic rings. The Kier molecular flexibility index (Phi) is 3.76. The first-order valence-corrected chi connectivity index (χ1v) is 9.14. The van der Waals surface area contributed by atoms with E-state index in [1.807, 2.05) is 6.92 Å². The maximum atomic E-state index is 12.4. The lowest BCUT2D eigenvalue weighted by Gasteiger charge is -2.49. The third-order valence-corrected chi connectivity index (χ3v) is 7.47. The number of sulfone groups is 1. The number of aryl methyl sites for hydroxylation is 1. The molecule has 3 rings (SSSR count). The highest BCUT2D eigenvalue weighted by Gasteiger charge is 2.62. The van der Waals surface area contributed by atoms with Gasteiger partial charge in [-0.25, -0.2) is 8.42 Å². The molecule has 0 unspecified atom stereocenters. The van der Waals surface area contributed by atoms with Gasteiger partial charge in [0.25, 0.3) is 5.91 Å². The maximum absolute atomic E-state index is 12.4. The summed E-state index contributed by atoms with van der Waals surface area (Å²) >= 11 is 0. The standard InChI is InChI=1S/C14H21N3O4S/c1-3-21-8-11-5-7-22(19,20)14(11)9-17(10-14)13(18)12-4-6-15-16(12)2/h4,6,11H,3,5,7-10H2,1-2H3/t11-/m1/s1. The predicted molar refractivity (Wildman–Crippen MR) is 80.2 cm³/mol. The highest BCUT2D eigenvalue weighted by molar-refractivity contribution is 7.93. The minimum absolute atomic E-state index is 0.0203. The lowest BCUT2D eigenvalue weighted by atomic mass is 9.83. The normalized spacial score (nSPS) is 25.4. The zero-order valence-corrected chi connectivity index (χ0v) is 13.7. The molecule has 1 spiro atoms. The van der Waals surface area contributed by atoms with Gasteiger partial charge in [0.05, 0.1) is 12.4 Å². The Morgan fingerprint density at radius 3 is 2.82 bits per heavy atom. The molecule has 2 aliphatic heterocycles. The summed E-state index contributed by atoms with van der Waals surface area (Å²) in [6, 6.07) is 1.65. The van der Waals surface area contributed by atoms with Gasteiger partial charge in [-0.1, -0.05) is 0 Å². The number of ether oxygens (including phenoxy) is 1. The van der Waals surface area contributed by atoms with E-state index in [2.05, 4.69) is 5.10 Å². The number of nitrogens with zero attached hydrogens (tertiary/aromatic N) is 3. The van der Waals surface area contributed by atoms with Gasteiger partial charge in [0.2, 0.25) is 0 Å². The first-order valence-electron chi connectivity index (χ1n) is 7.48. The number of hydrogen-bond donors (Lipinski definition) is 0. The molecule has 0 N–H and O–H groups in total. The van der Waals surface area contributed by atoms with Crippen LogP contribution in [0.4, 0.5) is 0 Å². The molecule has 3 heterocycles. The maximum Gasteiger partial charge on any atom is 0.272 e. The number of carbonyl (C=O) groups excluding carboxylic acids is 1. The summed E-state index contributed by atoms with van der Waals surface area (Å²) in [5.74, 6) is 0.00861. The Balaban J connectivity index is 1.76. The van der Waals surface area contributed by atoms with Crippen molar-refractivity contribution in [3.63, 3.8) is 0 Å². The minimum atomic E-state index is -3.17. The number of aromatic nitrogens is 2. The van der Waals surface area contributed by atoms with Crippen LogP contribution in [0.15, 0.2) is 12.3 Å². The topological polar surface area (TPSA) is 81.5 Å². The first kappa shape index (κ1) is 15.5. The van der Waals surface area contributed by atoms with E-state index >= 15 is 0 Å². The van der Waals surface area contributed by atoms with E-state index in [1.54, 1.807) is 24.2 Å². The fourth-order valence-corrected chi connectivity index (χ4v) is 5.86. The summed E-state index contributed by atoms with van der Waals surface area (Å²) in [6.07, 6.45) is 2.18. The van der Waals surface area contributed by atoms with E-state index in [0.29, 0.717) is 25.3 Å². The number of carbonyl (C=O) groups is 1. The van der Waals surface area contributed by atoms with E-state index in [1.165, 1.54) is 4.68 Å². The Morgan fingerprint density at radius 2 is 2.23 bits per heavy atom. The summed E-state index contributed by atoms with van der Waals surface area (Å²) in [6.45, 7) is 3.44. The Morgan fingerprint density at radius 1 is 1.50 bits per heavy atom. The molecule has 8 heteroatoms. The first-order chi connectivity index (χ1) is 10.4. The van der Waals surface area contributed by atoms with Crippen molar-refractivity contribution in [1.29, 1.82) is 0 Å². The van der Waals surface area contributed by atoms with E-state index in [4.69, 9.17) is 4.74 Å². The van der Waals surface area contributed by atoms with Crippen molar-refractivity contribution >= 4 is 15.7 Å². The van der Waals surface area contributed by atoms with Crippen LogP contribution in [0.25, 0.3) is 0 Å². The molecule has 0 bridgehead atoms. The van der Waals surface area contributed by atoms with Crippen LogP contribution in [0.2, 0.25) is 0 Å². The lowest BCUT2D eigenvalue weighted by Crippen LogP contribution is -2.68. The molecule has 0 aromatic carbocycles. The van der Waals surface area contributed by atoms with Crippen LogP contribution in [0.5, 0.6) is 0 Å². The average Bonchev–Trinajstić information content (AvgIpc) is 2.95. The molecule has 122 valence electrons. The molecule has 1 atom stereocenters. The van der Waals surface area contributed by atoms with Crippen LogP contribution >= 0.6 is 0 Å². The van der Waals surface area contributed by atoms with Gasteiger partial charge >= 0.3 is 0 Å². The highest BCUT2D eigenvalue weighted by Crippen LogP contribution is 2.45. The third-order valence-electron chi connectivity index (χ3n) is 4.87. The van der Waals surface area contributed by atoms with Crippen molar-refractivity contribution in [1.82, 2.24) is 14.7 Å². The molecule has 2 fully saturated rings. The average molecular weight is 327 g/mol. The van der Waals surface area contributed by atoms with Gasteiger partial charge < -0.3 is 9.64 Å². The quantitative estimate of drug-likeness (QED) is 0.782. The number of amides is 1. The second-order valence-electron chi connectivity index (χ2n) is 6.03. The molecular formula is C14H21N3O4S. The second kappa shape index (κ2) is 5.34. The molecule has 0 radical (unpaired) electrons. The van der Waals surface area contributed by atoms with Gasteiger partial charge in [-0.05, 0) is 19.4 Å². The summed E-state index contributed by atoms with van der Waals surface area (Å²) in [4.78, 5) is 14.0. The van der Waals surface area contributed by atoms with Gasteiger partial charge in [0.15, 0.2) is 9.84 Å². The molecule has 2 saturated heterocycles. The number of hydrogen-bond acceptors (Lipinski definition) is 5. The molecule has 0 saturated carbocycles. The molecule has 0 aliphatic carbocycles. The molecule has 22 heavy (non-hydrogen) atoms. The van der Waals surface area contributed by atoms with Crippen LogP contribution in [-0.4, -0.2) is 65.8 Å². The van der Waals surface area contributed by atoms with Crippen molar-refractivity contribution in [2.75, 3.05) is 32.1 Å². The summed E-state index contributed by atoms with van der Waals surface area (Å²) in [5.41, 5.74) is 0.478. The molecule has 7 nitrogen and oxygen atoms in total. The summed E-state index contributed by atoms with van der Waals surface area (Å²) in [5, 5.41) is 3.98.